The third kappa shape index (κ3) is 3.25. The van der Waals surface area contributed by atoms with E-state index < -0.39 is 0 Å². The molecule has 5 nitrogen and oxygen atoms in total. The van der Waals surface area contributed by atoms with Crippen molar-refractivity contribution in [3.05, 3.63) is 126 Å². The van der Waals surface area contributed by atoms with Gasteiger partial charge in [0.1, 0.15) is 28.4 Å². The fourth-order valence-corrected chi connectivity index (χ4v) is 6.52. The minimum absolute atomic E-state index is 0.432. The molecule has 0 amide bonds. The summed E-state index contributed by atoms with van der Waals surface area (Å²) in [5.41, 5.74) is 8.90. The van der Waals surface area contributed by atoms with Crippen molar-refractivity contribution in [2.24, 2.45) is 0 Å². The Balaban J connectivity index is 1.37. The maximum Gasteiger partial charge on any atom is 0.145 e. The number of benzene rings is 6. The largest absolute Gasteiger partial charge is 0.456 e. The number of hydrogen-bond acceptors (Lipinski definition) is 4. The van der Waals surface area contributed by atoms with Gasteiger partial charge in [-0.1, -0.05) is 48.5 Å². The topological polar surface area (TPSA) is 78.8 Å². The van der Waals surface area contributed by atoms with Gasteiger partial charge in [-0.25, -0.2) is 0 Å². The number of nitrogens with zero attached hydrogens (tertiary/aromatic N) is 3. The van der Waals surface area contributed by atoms with Gasteiger partial charge in [0.25, 0.3) is 0 Å². The van der Waals surface area contributed by atoms with Crippen LogP contribution >= 0.6 is 0 Å². The molecule has 9 rings (SSSR count). The van der Waals surface area contributed by atoms with Gasteiger partial charge in [0, 0.05) is 26.9 Å². The average Bonchev–Trinajstić information content (AvgIpc) is 3.73. The summed E-state index contributed by atoms with van der Waals surface area (Å²) < 4.78 is 14.8. The Hall–Kier alpha value is -6.30. The first-order valence-electron chi connectivity index (χ1n) is 14.0. The third-order valence-corrected chi connectivity index (χ3v) is 8.47. The van der Waals surface area contributed by atoms with Crippen molar-refractivity contribution in [1.29, 1.82) is 10.5 Å². The summed E-state index contributed by atoms with van der Waals surface area (Å²) >= 11 is 0. The van der Waals surface area contributed by atoms with Gasteiger partial charge in [-0.2, -0.15) is 10.5 Å². The van der Waals surface area contributed by atoms with E-state index in [1.54, 1.807) is 12.1 Å². The lowest BCUT2D eigenvalue weighted by molar-refractivity contribution is 0.669. The van der Waals surface area contributed by atoms with Gasteiger partial charge >= 0.3 is 0 Å². The normalized spacial score (nSPS) is 11.7. The Bertz CT molecular complexity index is 2710. The van der Waals surface area contributed by atoms with Crippen LogP contribution in [-0.4, -0.2) is 4.57 Å². The van der Waals surface area contributed by atoms with Crippen LogP contribution in [0.25, 0.3) is 82.5 Å². The van der Waals surface area contributed by atoms with E-state index >= 15 is 0 Å². The zero-order valence-corrected chi connectivity index (χ0v) is 22.6. The van der Waals surface area contributed by atoms with Gasteiger partial charge in [0.2, 0.25) is 0 Å². The number of hydrogen-bond donors (Lipinski definition) is 0. The Morgan fingerprint density at radius 3 is 2.00 bits per heavy atom. The van der Waals surface area contributed by atoms with E-state index in [4.69, 9.17) is 8.83 Å². The molecule has 0 spiro atoms. The van der Waals surface area contributed by atoms with Crippen molar-refractivity contribution in [1.82, 2.24) is 4.57 Å². The van der Waals surface area contributed by atoms with Crippen LogP contribution in [0.1, 0.15) is 11.1 Å². The summed E-state index contributed by atoms with van der Waals surface area (Å²) in [5, 5.41) is 25.8. The van der Waals surface area contributed by atoms with Gasteiger partial charge in [0.05, 0.1) is 39.3 Å². The molecular weight excluding hydrogens is 530 g/mol. The predicted octanol–water partition coefficient (Wildman–Crippen LogP) is 9.99. The van der Waals surface area contributed by atoms with E-state index in [1.807, 2.05) is 42.5 Å². The van der Waals surface area contributed by atoms with E-state index in [1.165, 1.54) is 0 Å². The number of aromatic nitrogens is 1. The minimum atomic E-state index is 0.432. The monoisotopic (exact) mass is 549 g/mol. The molecule has 0 bridgehead atoms. The van der Waals surface area contributed by atoms with E-state index in [9.17, 15) is 10.5 Å². The molecule has 0 aliphatic rings. The standard InChI is InChI=1S/C38H19N3O2/c39-20-22-9-14-31(25(17-22)21-40)41-32-15-11-23(24-10-12-28-26-5-1-3-7-34(26)42-36(28)19-24)18-30(32)37-33(41)16-13-29-27-6-2-4-8-35(27)43-38(29)37/h1-19H. The first kappa shape index (κ1) is 23.4. The maximum atomic E-state index is 10.1. The third-order valence-electron chi connectivity index (χ3n) is 8.47. The second-order valence-corrected chi connectivity index (χ2v) is 10.8. The highest BCUT2D eigenvalue weighted by molar-refractivity contribution is 6.24. The van der Waals surface area contributed by atoms with Crippen molar-refractivity contribution in [3.63, 3.8) is 0 Å². The molecule has 0 fully saturated rings. The van der Waals surface area contributed by atoms with Crippen LogP contribution in [0.5, 0.6) is 0 Å². The molecule has 3 aromatic heterocycles. The summed E-state index contributed by atoms with van der Waals surface area (Å²) in [7, 11) is 0. The number of nitriles is 2. The molecule has 0 aliphatic carbocycles. The molecule has 0 N–H and O–H groups in total. The van der Waals surface area contributed by atoms with Crippen LogP contribution < -0.4 is 0 Å². The number of furan rings is 2. The highest BCUT2D eigenvalue weighted by Gasteiger charge is 2.21. The van der Waals surface area contributed by atoms with Crippen LogP contribution in [0.15, 0.2) is 124 Å². The summed E-state index contributed by atoms with van der Waals surface area (Å²) in [6.07, 6.45) is 0. The van der Waals surface area contributed by atoms with Gasteiger partial charge in [-0.05, 0) is 77.9 Å². The first-order valence-corrected chi connectivity index (χ1v) is 14.0. The molecule has 6 aromatic carbocycles. The molecule has 0 saturated heterocycles. The van der Waals surface area contributed by atoms with Gasteiger partial charge in [-0.3, -0.25) is 0 Å². The minimum Gasteiger partial charge on any atom is -0.456 e. The van der Waals surface area contributed by atoms with Crippen LogP contribution in [-0.2, 0) is 0 Å². The van der Waals surface area contributed by atoms with Crippen molar-refractivity contribution < 1.29 is 8.83 Å². The van der Waals surface area contributed by atoms with Crippen molar-refractivity contribution in [3.8, 4) is 29.0 Å². The zero-order valence-electron chi connectivity index (χ0n) is 22.6. The highest BCUT2D eigenvalue weighted by Crippen LogP contribution is 2.42. The average molecular weight is 550 g/mol. The molecular formula is C38H19N3O2. The summed E-state index contributed by atoms with van der Waals surface area (Å²) in [5.74, 6) is 0. The lowest BCUT2D eigenvalue weighted by Gasteiger charge is -2.10. The molecule has 5 heteroatoms. The predicted molar refractivity (Wildman–Crippen MR) is 170 cm³/mol. The maximum absolute atomic E-state index is 10.1. The van der Waals surface area contributed by atoms with E-state index in [-0.39, 0.29) is 0 Å². The lowest BCUT2D eigenvalue weighted by atomic mass is 10.0. The van der Waals surface area contributed by atoms with Crippen LogP contribution in [0.2, 0.25) is 0 Å². The number of para-hydroxylation sites is 2. The summed E-state index contributed by atoms with van der Waals surface area (Å²) in [6.45, 7) is 0. The van der Waals surface area contributed by atoms with Crippen molar-refractivity contribution >= 4 is 65.7 Å². The fourth-order valence-electron chi connectivity index (χ4n) is 6.52. The molecule has 0 radical (unpaired) electrons. The summed E-state index contributed by atoms with van der Waals surface area (Å²) in [6, 6.07) is 42.8. The first-order chi connectivity index (χ1) is 21.2. The highest BCUT2D eigenvalue weighted by atomic mass is 16.3. The molecule has 198 valence electrons. The second kappa shape index (κ2) is 8.60. The van der Waals surface area contributed by atoms with Crippen LogP contribution in [0.4, 0.5) is 0 Å². The molecule has 0 aliphatic heterocycles. The van der Waals surface area contributed by atoms with Crippen molar-refractivity contribution in [2.75, 3.05) is 0 Å². The SMILES string of the molecule is N#Cc1ccc(-n2c3ccc(-c4ccc5c(c4)oc4ccccc45)cc3c3c4oc5ccccc5c4ccc32)c(C#N)c1. The molecule has 9 aromatic rings. The van der Waals surface area contributed by atoms with Crippen LogP contribution in [0, 0.1) is 22.7 Å². The van der Waals surface area contributed by atoms with Crippen LogP contribution in [0.3, 0.4) is 0 Å². The van der Waals surface area contributed by atoms with Gasteiger partial charge in [0.15, 0.2) is 0 Å². The molecule has 0 saturated carbocycles. The van der Waals surface area contributed by atoms with E-state index in [2.05, 4.69) is 77.4 Å². The fraction of sp³-hybridized carbons (Fsp3) is 0. The quantitative estimate of drug-likeness (QED) is 0.215. The molecule has 0 unspecified atom stereocenters. The molecule has 43 heavy (non-hydrogen) atoms. The Morgan fingerprint density at radius 2 is 1.19 bits per heavy atom. The van der Waals surface area contributed by atoms with Gasteiger partial charge in [-0.15, -0.1) is 0 Å². The van der Waals surface area contributed by atoms with Gasteiger partial charge < -0.3 is 13.4 Å². The number of rotatable bonds is 2. The van der Waals surface area contributed by atoms with E-state index in [0.717, 1.165) is 76.8 Å². The van der Waals surface area contributed by atoms with E-state index in [0.29, 0.717) is 16.8 Å². The lowest BCUT2D eigenvalue weighted by Crippen LogP contribution is -1.98. The van der Waals surface area contributed by atoms with Crippen molar-refractivity contribution in [2.45, 2.75) is 0 Å². The Kier molecular flexibility index (Phi) is 4.68. The summed E-state index contributed by atoms with van der Waals surface area (Å²) in [4.78, 5) is 0. The smallest absolute Gasteiger partial charge is 0.145 e. The number of fused-ring (bicyclic) bond motifs is 10. The Labute approximate surface area is 244 Å². The second-order valence-electron chi connectivity index (χ2n) is 10.8. The molecule has 0 atom stereocenters. The Morgan fingerprint density at radius 1 is 0.512 bits per heavy atom. The zero-order chi connectivity index (χ0) is 28.7. The molecule has 3 heterocycles.